The quantitative estimate of drug-likeness (QED) is 0.609. The molecule has 1 amide bonds. The molecular formula is C10H18N2O2. The summed E-state index contributed by atoms with van der Waals surface area (Å²) in [5, 5.41) is 12.3. The van der Waals surface area contributed by atoms with Crippen molar-refractivity contribution < 1.29 is 9.90 Å². The Morgan fingerprint density at radius 1 is 1.43 bits per heavy atom. The molecule has 14 heavy (non-hydrogen) atoms. The number of hydrogen-bond donors (Lipinski definition) is 2. The molecule has 1 saturated heterocycles. The number of hydrogen-bond acceptors (Lipinski definition) is 3. The Balaban J connectivity index is 1.92. The molecule has 2 unspecified atom stereocenters. The molecule has 4 nitrogen and oxygen atoms in total. The van der Waals surface area contributed by atoms with Gasteiger partial charge in [0.2, 0.25) is 5.91 Å². The normalized spacial score (nSPS) is 35.4. The van der Waals surface area contributed by atoms with E-state index in [0.29, 0.717) is 12.6 Å². The Bertz CT molecular complexity index is 220. The van der Waals surface area contributed by atoms with Gasteiger partial charge >= 0.3 is 0 Å². The zero-order valence-corrected chi connectivity index (χ0v) is 8.41. The molecule has 0 aromatic heterocycles. The van der Waals surface area contributed by atoms with E-state index in [-0.39, 0.29) is 12.0 Å². The number of nitrogens with zero attached hydrogens (tertiary/aromatic N) is 1. The third-order valence-corrected chi connectivity index (χ3v) is 3.18. The number of aliphatic hydroxyl groups excluding tert-OH is 1. The molecule has 80 valence electrons. The first-order chi connectivity index (χ1) is 6.75. The van der Waals surface area contributed by atoms with Gasteiger partial charge in [0, 0.05) is 19.1 Å². The fourth-order valence-electron chi connectivity index (χ4n) is 2.41. The number of carbonyl (C=O) groups is 1. The maximum absolute atomic E-state index is 11.3. The van der Waals surface area contributed by atoms with Crippen LogP contribution < -0.4 is 5.32 Å². The van der Waals surface area contributed by atoms with Gasteiger partial charge in [-0.05, 0) is 25.7 Å². The van der Waals surface area contributed by atoms with Crippen molar-refractivity contribution in [2.24, 2.45) is 0 Å². The van der Waals surface area contributed by atoms with Crippen LogP contribution in [0.15, 0.2) is 0 Å². The van der Waals surface area contributed by atoms with Crippen molar-refractivity contribution in [1.29, 1.82) is 0 Å². The van der Waals surface area contributed by atoms with Gasteiger partial charge in [0.05, 0.1) is 12.6 Å². The maximum atomic E-state index is 11.3. The van der Waals surface area contributed by atoms with Crippen molar-refractivity contribution in [3.8, 4) is 0 Å². The summed E-state index contributed by atoms with van der Waals surface area (Å²) in [6.45, 7) is 2.29. The van der Waals surface area contributed by atoms with Crippen molar-refractivity contribution in [2.75, 3.05) is 19.6 Å². The molecule has 2 aliphatic rings. The first kappa shape index (κ1) is 9.93. The maximum Gasteiger partial charge on any atom is 0.234 e. The lowest BCUT2D eigenvalue weighted by atomic mass is 10.2. The fraction of sp³-hybridized carbons (Fsp3) is 0.900. The van der Waals surface area contributed by atoms with Crippen LogP contribution in [0.5, 0.6) is 0 Å². The Morgan fingerprint density at radius 3 is 3.00 bits per heavy atom. The topological polar surface area (TPSA) is 52.6 Å². The van der Waals surface area contributed by atoms with E-state index in [2.05, 4.69) is 10.2 Å². The van der Waals surface area contributed by atoms with Crippen molar-refractivity contribution in [1.82, 2.24) is 10.2 Å². The molecule has 2 atom stereocenters. The predicted molar refractivity (Wildman–Crippen MR) is 52.8 cm³/mol. The minimum absolute atomic E-state index is 0.129. The standard InChI is InChI=1S/C10H18N2O2/c13-9-3-2-8(6-9)12-5-1-4-11-10(14)7-12/h8-9,13H,1-7H2,(H,11,14). The van der Waals surface area contributed by atoms with Gasteiger partial charge in [-0.1, -0.05) is 0 Å². The molecule has 0 aromatic rings. The summed E-state index contributed by atoms with van der Waals surface area (Å²) in [5.41, 5.74) is 0. The lowest BCUT2D eigenvalue weighted by Gasteiger charge is -2.25. The van der Waals surface area contributed by atoms with E-state index >= 15 is 0 Å². The summed E-state index contributed by atoms with van der Waals surface area (Å²) in [6, 6.07) is 0.425. The monoisotopic (exact) mass is 198 g/mol. The van der Waals surface area contributed by atoms with Gasteiger partial charge in [-0.2, -0.15) is 0 Å². The van der Waals surface area contributed by atoms with E-state index in [1.54, 1.807) is 0 Å². The molecule has 1 saturated carbocycles. The van der Waals surface area contributed by atoms with Crippen molar-refractivity contribution in [3.05, 3.63) is 0 Å². The van der Waals surface area contributed by atoms with Crippen molar-refractivity contribution >= 4 is 5.91 Å². The fourth-order valence-corrected chi connectivity index (χ4v) is 2.41. The molecule has 2 rings (SSSR count). The Hall–Kier alpha value is -0.610. The average molecular weight is 198 g/mol. The van der Waals surface area contributed by atoms with Gasteiger partial charge in [0.15, 0.2) is 0 Å². The highest BCUT2D eigenvalue weighted by Crippen LogP contribution is 2.24. The lowest BCUT2D eigenvalue weighted by molar-refractivity contribution is -0.121. The van der Waals surface area contributed by atoms with Crippen molar-refractivity contribution in [3.63, 3.8) is 0 Å². The zero-order chi connectivity index (χ0) is 9.97. The van der Waals surface area contributed by atoms with Gasteiger partial charge in [-0.25, -0.2) is 0 Å². The summed E-state index contributed by atoms with van der Waals surface area (Å²) >= 11 is 0. The molecule has 2 fully saturated rings. The van der Waals surface area contributed by atoms with E-state index in [9.17, 15) is 9.90 Å². The molecule has 4 heteroatoms. The molecule has 0 bridgehead atoms. The van der Waals surface area contributed by atoms with Gasteiger partial charge in [-0.15, -0.1) is 0 Å². The van der Waals surface area contributed by atoms with E-state index < -0.39 is 0 Å². The van der Waals surface area contributed by atoms with E-state index in [1.807, 2.05) is 0 Å². The highest BCUT2D eigenvalue weighted by atomic mass is 16.3. The summed E-state index contributed by atoms with van der Waals surface area (Å²) in [6.07, 6.45) is 3.65. The number of nitrogens with one attached hydrogen (secondary N) is 1. The third kappa shape index (κ3) is 2.25. The number of amides is 1. The highest BCUT2D eigenvalue weighted by molar-refractivity contribution is 5.78. The molecule has 1 aliphatic carbocycles. The Labute approximate surface area is 84.3 Å². The van der Waals surface area contributed by atoms with Crippen LogP contribution in [0.1, 0.15) is 25.7 Å². The largest absolute Gasteiger partial charge is 0.393 e. The second kappa shape index (κ2) is 4.28. The van der Waals surface area contributed by atoms with Crippen LogP contribution in [0.25, 0.3) is 0 Å². The molecule has 0 aromatic carbocycles. The summed E-state index contributed by atoms with van der Waals surface area (Å²) < 4.78 is 0. The highest BCUT2D eigenvalue weighted by Gasteiger charge is 2.29. The Kier molecular flexibility index (Phi) is 3.03. The first-order valence-electron chi connectivity index (χ1n) is 5.44. The summed E-state index contributed by atoms with van der Waals surface area (Å²) in [4.78, 5) is 13.5. The number of aliphatic hydroxyl groups is 1. The van der Waals surface area contributed by atoms with Gasteiger partial charge in [0.1, 0.15) is 0 Å². The number of rotatable bonds is 1. The van der Waals surface area contributed by atoms with Crippen molar-refractivity contribution in [2.45, 2.75) is 37.8 Å². The first-order valence-corrected chi connectivity index (χ1v) is 5.44. The lowest BCUT2D eigenvalue weighted by Crippen LogP contribution is -2.39. The minimum Gasteiger partial charge on any atom is -0.393 e. The van der Waals surface area contributed by atoms with Crippen LogP contribution in [0, 0.1) is 0 Å². The summed E-state index contributed by atoms with van der Waals surface area (Å²) in [5.74, 6) is 0.129. The number of carbonyl (C=O) groups excluding carboxylic acids is 1. The molecular weight excluding hydrogens is 180 g/mol. The van der Waals surface area contributed by atoms with Crippen LogP contribution >= 0.6 is 0 Å². The van der Waals surface area contributed by atoms with Crippen LogP contribution in [0.4, 0.5) is 0 Å². The second-order valence-corrected chi connectivity index (χ2v) is 4.29. The van der Waals surface area contributed by atoms with Crippen LogP contribution in [0.3, 0.4) is 0 Å². The van der Waals surface area contributed by atoms with Crippen LogP contribution in [-0.4, -0.2) is 47.7 Å². The SMILES string of the molecule is O=C1CN(C2CCC(O)C2)CCCN1. The molecule has 0 radical (unpaired) electrons. The van der Waals surface area contributed by atoms with E-state index in [1.165, 1.54) is 0 Å². The van der Waals surface area contributed by atoms with Gasteiger partial charge in [0.25, 0.3) is 0 Å². The van der Waals surface area contributed by atoms with Crippen LogP contribution in [0.2, 0.25) is 0 Å². The molecule has 1 heterocycles. The predicted octanol–water partition coefficient (Wildman–Crippen LogP) is -0.278. The molecule has 1 aliphatic heterocycles. The second-order valence-electron chi connectivity index (χ2n) is 4.29. The third-order valence-electron chi connectivity index (χ3n) is 3.18. The van der Waals surface area contributed by atoms with Crippen LogP contribution in [-0.2, 0) is 4.79 Å². The van der Waals surface area contributed by atoms with Gasteiger partial charge in [-0.3, -0.25) is 9.69 Å². The average Bonchev–Trinajstić information content (AvgIpc) is 2.45. The molecule has 2 N–H and O–H groups in total. The zero-order valence-electron chi connectivity index (χ0n) is 8.41. The Morgan fingerprint density at radius 2 is 2.29 bits per heavy atom. The summed E-state index contributed by atoms with van der Waals surface area (Å²) in [7, 11) is 0. The van der Waals surface area contributed by atoms with Gasteiger partial charge < -0.3 is 10.4 Å². The van der Waals surface area contributed by atoms with E-state index in [0.717, 1.165) is 38.8 Å². The van der Waals surface area contributed by atoms with E-state index in [4.69, 9.17) is 0 Å². The minimum atomic E-state index is -0.147. The molecule has 0 spiro atoms. The smallest absolute Gasteiger partial charge is 0.234 e.